The third kappa shape index (κ3) is 2.38. The van der Waals surface area contributed by atoms with Gasteiger partial charge in [-0.25, -0.2) is 0 Å². The molecule has 1 aromatic heterocycles. The number of aromatic nitrogens is 2. The molecule has 5 nitrogen and oxygen atoms in total. The van der Waals surface area contributed by atoms with Crippen LogP contribution >= 0.6 is 11.6 Å². The van der Waals surface area contributed by atoms with Crippen LogP contribution in [0.15, 0.2) is 28.7 Å². The predicted molar refractivity (Wildman–Crippen MR) is 72.1 cm³/mol. The molecule has 1 aliphatic rings. The lowest BCUT2D eigenvalue weighted by atomic mass is 10.2. The van der Waals surface area contributed by atoms with E-state index in [1.165, 1.54) is 0 Å². The van der Waals surface area contributed by atoms with Crippen molar-refractivity contribution in [2.75, 3.05) is 18.1 Å². The van der Waals surface area contributed by atoms with Crippen molar-refractivity contribution in [1.82, 2.24) is 10.2 Å². The summed E-state index contributed by atoms with van der Waals surface area (Å²) in [4.78, 5) is 1.97. The quantitative estimate of drug-likeness (QED) is 0.790. The zero-order chi connectivity index (χ0) is 13.2. The maximum atomic E-state index is 5.95. The standard InChI is InChI=1S/C13H14ClN3O2/c1-9(14)12-15-16-13(19-12)17-7-4-8-18-11-6-3-2-5-10(11)17/h2-3,5-6,9H,4,7-8H2,1H3. The van der Waals surface area contributed by atoms with Gasteiger partial charge in [-0.05, 0) is 25.5 Å². The zero-order valence-electron chi connectivity index (χ0n) is 10.5. The number of halogens is 1. The van der Waals surface area contributed by atoms with E-state index in [-0.39, 0.29) is 5.38 Å². The summed E-state index contributed by atoms with van der Waals surface area (Å²) in [6.07, 6.45) is 0.892. The van der Waals surface area contributed by atoms with E-state index in [1.54, 1.807) is 6.92 Å². The van der Waals surface area contributed by atoms with Gasteiger partial charge >= 0.3 is 6.01 Å². The number of anilines is 2. The summed E-state index contributed by atoms with van der Waals surface area (Å²) in [7, 11) is 0. The molecule has 0 fully saturated rings. The summed E-state index contributed by atoms with van der Waals surface area (Å²) >= 11 is 5.95. The molecule has 3 rings (SSSR count). The smallest absolute Gasteiger partial charge is 0.322 e. The maximum Gasteiger partial charge on any atom is 0.322 e. The Morgan fingerprint density at radius 3 is 2.95 bits per heavy atom. The lowest BCUT2D eigenvalue weighted by Gasteiger charge is -2.18. The molecule has 0 saturated heterocycles. The molecule has 100 valence electrons. The van der Waals surface area contributed by atoms with Gasteiger partial charge in [-0.2, -0.15) is 0 Å². The third-order valence-electron chi connectivity index (χ3n) is 2.94. The number of para-hydroxylation sites is 2. The first-order valence-corrected chi connectivity index (χ1v) is 6.66. The fraction of sp³-hybridized carbons (Fsp3) is 0.385. The van der Waals surface area contributed by atoms with E-state index < -0.39 is 0 Å². The second-order valence-electron chi connectivity index (χ2n) is 4.36. The first kappa shape index (κ1) is 12.3. The van der Waals surface area contributed by atoms with Gasteiger partial charge in [0.15, 0.2) is 0 Å². The van der Waals surface area contributed by atoms with Crippen LogP contribution in [0.5, 0.6) is 5.75 Å². The van der Waals surface area contributed by atoms with Gasteiger partial charge in [-0.1, -0.05) is 17.2 Å². The van der Waals surface area contributed by atoms with Crippen LogP contribution < -0.4 is 9.64 Å². The molecular weight excluding hydrogens is 266 g/mol. The van der Waals surface area contributed by atoms with E-state index in [2.05, 4.69) is 10.2 Å². The number of hydrogen-bond donors (Lipinski definition) is 0. The van der Waals surface area contributed by atoms with Gasteiger partial charge in [-0.15, -0.1) is 16.7 Å². The normalized spacial score (nSPS) is 16.4. The van der Waals surface area contributed by atoms with Crippen molar-refractivity contribution in [2.24, 2.45) is 0 Å². The summed E-state index contributed by atoms with van der Waals surface area (Å²) in [6, 6.07) is 8.29. The summed E-state index contributed by atoms with van der Waals surface area (Å²) in [5.74, 6) is 1.26. The first-order valence-electron chi connectivity index (χ1n) is 6.22. The molecule has 0 bridgehead atoms. The summed E-state index contributed by atoms with van der Waals surface area (Å²) in [6.45, 7) is 3.26. The van der Waals surface area contributed by atoms with Gasteiger partial charge in [0, 0.05) is 6.54 Å². The van der Waals surface area contributed by atoms with Crippen LogP contribution in [0.4, 0.5) is 11.7 Å². The van der Waals surface area contributed by atoms with E-state index in [9.17, 15) is 0 Å². The molecule has 1 unspecified atom stereocenters. The molecule has 0 amide bonds. The number of hydrogen-bond acceptors (Lipinski definition) is 5. The molecule has 0 radical (unpaired) electrons. The molecule has 0 aliphatic carbocycles. The Labute approximate surface area is 116 Å². The van der Waals surface area contributed by atoms with Crippen molar-refractivity contribution >= 4 is 23.3 Å². The average Bonchev–Trinajstić information content (AvgIpc) is 2.80. The number of benzene rings is 1. The SMILES string of the molecule is CC(Cl)c1nnc(N2CCCOc3ccccc32)o1. The van der Waals surface area contributed by atoms with Crippen LogP contribution in [0.3, 0.4) is 0 Å². The number of nitrogens with zero attached hydrogens (tertiary/aromatic N) is 3. The van der Waals surface area contributed by atoms with Crippen LogP contribution in [-0.2, 0) is 0 Å². The van der Waals surface area contributed by atoms with Crippen LogP contribution in [0.2, 0.25) is 0 Å². The third-order valence-corrected chi connectivity index (χ3v) is 3.13. The fourth-order valence-electron chi connectivity index (χ4n) is 2.02. The molecule has 2 heterocycles. The maximum absolute atomic E-state index is 5.95. The Hall–Kier alpha value is -1.75. The van der Waals surface area contributed by atoms with Crippen LogP contribution in [0, 0.1) is 0 Å². The molecule has 19 heavy (non-hydrogen) atoms. The van der Waals surface area contributed by atoms with E-state index in [0.29, 0.717) is 18.5 Å². The van der Waals surface area contributed by atoms with Crippen LogP contribution in [0.25, 0.3) is 0 Å². The zero-order valence-corrected chi connectivity index (χ0v) is 11.3. The highest BCUT2D eigenvalue weighted by molar-refractivity contribution is 6.20. The number of rotatable bonds is 2. The fourth-order valence-corrected chi connectivity index (χ4v) is 2.11. The topological polar surface area (TPSA) is 51.4 Å². The van der Waals surface area contributed by atoms with Gasteiger partial charge in [0.05, 0.1) is 12.3 Å². The summed E-state index contributed by atoms with van der Waals surface area (Å²) in [5, 5.41) is 7.74. The van der Waals surface area contributed by atoms with Crippen molar-refractivity contribution < 1.29 is 9.15 Å². The largest absolute Gasteiger partial charge is 0.491 e. The lowest BCUT2D eigenvalue weighted by Crippen LogP contribution is -2.17. The molecule has 2 aromatic rings. The Bertz CT molecular complexity index is 571. The summed E-state index contributed by atoms with van der Waals surface area (Å²) < 4.78 is 11.3. The highest BCUT2D eigenvalue weighted by atomic mass is 35.5. The van der Waals surface area contributed by atoms with E-state index in [0.717, 1.165) is 24.4 Å². The number of fused-ring (bicyclic) bond motifs is 1. The van der Waals surface area contributed by atoms with Gasteiger partial charge in [0.2, 0.25) is 5.89 Å². The first-order chi connectivity index (χ1) is 9.25. The van der Waals surface area contributed by atoms with Gasteiger partial charge in [0.25, 0.3) is 0 Å². The molecule has 0 N–H and O–H groups in total. The molecular formula is C13H14ClN3O2. The van der Waals surface area contributed by atoms with Crippen molar-refractivity contribution in [3.8, 4) is 5.75 Å². The van der Waals surface area contributed by atoms with E-state index in [4.69, 9.17) is 20.8 Å². The minimum atomic E-state index is -0.292. The molecule has 1 aromatic carbocycles. The van der Waals surface area contributed by atoms with Crippen LogP contribution in [0.1, 0.15) is 24.6 Å². The van der Waals surface area contributed by atoms with Crippen molar-refractivity contribution in [3.05, 3.63) is 30.2 Å². The molecule has 0 saturated carbocycles. The average molecular weight is 280 g/mol. The predicted octanol–water partition coefficient (Wildman–Crippen LogP) is 3.29. The monoisotopic (exact) mass is 279 g/mol. The minimum Gasteiger partial charge on any atom is -0.491 e. The van der Waals surface area contributed by atoms with E-state index in [1.807, 2.05) is 29.2 Å². The van der Waals surface area contributed by atoms with Gasteiger partial charge < -0.3 is 9.15 Å². The Morgan fingerprint density at radius 1 is 1.32 bits per heavy atom. The highest BCUT2D eigenvalue weighted by Crippen LogP contribution is 2.35. The number of alkyl halides is 1. The van der Waals surface area contributed by atoms with Gasteiger partial charge in [0.1, 0.15) is 11.1 Å². The van der Waals surface area contributed by atoms with Gasteiger partial charge in [-0.3, -0.25) is 4.90 Å². The minimum absolute atomic E-state index is 0.292. The van der Waals surface area contributed by atoms with Crippen molar-refractivity contribution in [3.63, 3.8) is 0 Å². The Balaban J connectivity index is 1.99. The lowest BCUT2D eigenvalue weighted by molar-refractivity contribution is 0.322. The second-order valence-corrected chi connectivity index (χ2v) is 5.01. The molecule has 1 aliphatic heterocycles. The number of ether oxygens (including phenoxy) is 1. The second kappa shape index (κ2) is 5.09. The Morgan fingerprint density at radius 2 is 2.16 bits per heavy atom. The highest BCUT2D eigenvalue weighted by Gasteiger charge is 2.22. The molecule has 1 atom stereocenters. The van der Waals surface area contributed by atoms with E-state index >= 15 is 0 Å². The Kier molecular flexibility index (Phi) is 3.29. The van der Waals surface area contributed by atoms with Crippen molar-refractivity contribution in [1.29, 1.82) is 0 Å². The van der Waals surface area contributed by atoms with Crippen LogP contribution in [-0.4, -0.2) is 23.3 Å². The molecule has 0 spiro atoms. The summed E-state index contributed by atoms with van der Waals surface area (Å²) in [5.41, 5.74) is 0.942. The molecule has 6 heteroatoms. The van der Waals surface area contributed by atoms with Crippen molar-refractivity contribution in [2.45, 2.75) is 18.7 Å².